The molecule has 4 aliphatic rings. The monoisotopic (exact) mass is 563 g/mol. The van der Waals surface area contributed by atoms with E-state index in [9.17, 15) is 29.7 Å². The van der Waals surface area contributed by atoms with E-state index < -0.39 is 58.4 Å². The van der Waals surface area contributed by atoms with Gasteiger partial charge in [0.1, 0.15) is 29.1 Å². The van der Waals surface area contributed by atoms with Crippen LogP contribution in [-0.4, -0.2) is 63.1 Å². The Labute approximate surface area is 236 Å². The number of allylic oxidation sites excluding steroid dienone is 2. The molecule has 11 heteroatoms. The first-order chi connectivity index (χ1) is 19.6. The number of carbonyl (C=O) groups is 3. The average Bonchev–Trinajstić information content (AvgIpc) is 3.42. The molecule has 1 aromatic heterocycles. The minimum absolute atomic E-state index is 0.0519. The molecule has 2 aromatic rings. The Kier molecular flexibility index (Phi) is 6.74. The molecule has 1 aliphatic heterocycles. The number of hydrogen-bond donors (Lipinski definition) is 5. The number of hydrogen-bond acceptors (Lipinski definition) is 10. The highest BCUT2D eigenvalue weighted by Gasteiger charge is 2.55. The van der Waals surface area contributed by atoms with E-state index in [1.165, 1.54) is 6.07 Å². The van der Waals surface area contributed by atoms with Crippen molar-refractivity contribution in [1.29, 1.82) is 0 Å². The van der Waals surface area contributed by atoms with E-state index in [0.29, 0.717) is 43.1 Å². The fourth-order valence-electron chi connectivity index (χ4n) is 6.86. The van der Waals surface area contributed by atoms with Gasteiger partial charge in [-0.15, -0.1) is 0 Å². The summed E-state index contributed by atoms with van der Waals surface area (Å²) < 4.78 is 11.2. The van der Waals surface area contributed by atoms with Crippen LogP contribution in [0.3, 0.4) is 0 Å². The highest BCUT2D eigenvalue weighted by atomic mass is 16.5. The van der Waals surface area contributed by atoms with Crippen molar-refractivity contribution in [3.05, 3.63) is 52.1 Å². The lowest BCUT2D eigenvalue weighted by molar-refractivity contribution is -0.130. The van der Waals surface area contributed by atoms with E-state index in [0.717, 1.165) is 5.69 Å². The number of ketones is 2. The maximum absolute atomic E-state index is 14.0. The first-order valence-electron chi connectivity index (χ1n) is 14.0. The number of aliphatic hydroxyl groups is 2. The zero-order chi connectivity index (χ0) is 29.2. The van der Waals surface area contributed by atoms with Gasteiger partial charge in [0.15, 0.2) is 11.6 Å². The molecule has 0 bridgehead atoms. The molecule has 1 unspecified atom stereocenters. The highest BCUT2D eigenvalue weighted by Crippen LogP contribution is 2.51. The number of nitrogens with one attached hydrogen (secondary N) is 1. The molecule has 4 atom stereocenters. The maximum atomic E-state index is 14.0. The third-order valence-corrected chi connectivity index (χ3v) is 8.91. The van der Waals surface area contributed by atoms with E-state index in [-0.39, 0.29) is 41.7 Å². The summed E-state index contributed by atoms with van der Waals surface area (Å²) >= 11 is 0. The van der Waals surface area contributed by atoms with Crippen molar-refractivity contribution in [1.82, 2.24) is 10.3 Å². The summed E-state index contributed by atoms with van der Waals surface area (Å²) in [5.74, 6) is -5.60. The van der Waals surface area contributed by atoms with Crippen LogP contribution >= 0.6 is 0 Å². The summed E-state index contributed by atoms with van der Waals surface area (Å²) in [6.07, 6.45) is 3.39. The number of nitrogens with two attached hydrogens (primary N) is 1. The van der Waals surface area contributed by atoms with Gasteiger partial charge in [-0.05, 0) is 61.1 Å². The lowest BCUT2D eigenvalue weighted by Crippen LogP contribution is -2.59. The molecular formula is C30H33N3O8. The maximum Gasteiger partial charge on any atom is 0.255 e. The van der Waals surface area contributed by atoms with E-state index in [1.54, 1.807) is 12.3 Å². The Bertz CT molecular complexity index is 1510. The van der Waals surface area contributed by atoms with Crippen molar-refractivity contribution in [2.24, 2.45) is 23.5 Å². The summed E-state index contributed by atoms with van der Waals surface area (Å²) in [5, 5.41) is 36.7. The van der Waals surface area contributed by atoms with Crippen LogP contribution in [0.15, 0.2) is 39.7 Å². The Morgan fingerprint density at radius 3 is 2.51 bits per heavy atom. The zero-order valence-corrected chi connectivity index (χ0v) is 22.8. The third kappa shape index (κ3) is 4.34. The lowest BCUT2D eigenvalue weighted by atomic mass is 9.59. The number of rotatable bonds is 5. The standard InChI is InChI=1S/C30H33N3O8/c1-12(2)18-11-41-30(33-18)15-3-4-19(34)21-16(15)9-13-10-17-22(26(36)20(13)25(21)35)27(37)23(29(31)39)28(38)24(17)32-14-5-7-40-8-6-14/h3-4,11-14,17,22,24,32,34-35,37H,5-10H2,1-2H3,(H2,31,39)/t13-,17+,22?,24+/m0/s1. The third-order valence-electron chi connectivity index (χ3n) is 8.91. The molecule has 1 saturated heterocycles. The number of oxazole rings is 1. The van der Waals surface area contributed by atoms with Gasteiger partial charge in [0.2, 0.25) is 5.89 Å². The molecule has 216 valence electrons. The number of phenols is 1. The number of benzene rings is 1. The van der Waals surface area contributed by atoms with Gasteiger partial charge in [0, 0.05) is 30.4 Å². The van der Waals surface area contributed by atoms with Crippen molar-refractivity contribution < 1.29 is 38.9 Å². The minimum Gasteiger partial charge on any atom is -0.511 e. The van der Waals surface area contributed by atoms with Crippen LogP contribution in [0.2, 0.25) is 0 Å². The quantitative estimate of drug-likeness (QED) is 0.339. The molecule has 0 radical (unpaired) electrons. The van der Waals surface area contributed by atoms with Crippen molar-refractivity contribution in [2.45, 2.75) is 57.5 Å². The van der Waals surface area contributed by atoms with Gasteiger partial charge in [-0.3, -0.25) is 14.4 Å². The van der Waals surface area contributed by atoms with Gasteiger partial charge in [-0.25, -0.2) is 4.98 Å². The smallest absolute Gasteiger partial charge is 0.255 e. The normalized spacial score (nSPS) is 26.7. The van der Waals surface area contributed by atoms with Crippen molar-refractivity contribution in [2.75, 3.05) is 13.2 Å². The number of aromatic hydroxyl groups is 1. The summed E-state index contributed by atoms with van der Waals surface area (Å²) in [5.41, 5.74) is 6.98. The lowest BCUT2D eigenvalue weighted by Gasteiger charge is -2.45. The first kappa shape index (κ1) is 27.2. The molecule has 3 aliphatic carbocycles. The molecule has 41 heavy (non-hydrogen) atoms. The number of ether oxygens (including phenoxy) is 1. The number of aromatic nitrogens is 1. The van der Waals surface area contributed by atoms with Gasteiger partial charge in [-0.2, -0.15) is 0 Å². The number of nitrogens with zero attached hydrogens (tertiary/aromatic N) is 1. The van der Waals surface area contributed by atoms with E-state index in [1.807, 2.05) is 13.8 Å². The van der Waals surface area contributed by atoms with Gasteiger partial charge in [-0.1, -0.05) is 13.8 Å². The van der Waals surface area contributed by atoms with Gasteiger partial charge in [0.25, 0.3) is 5.91 Å². The predicted octanol–water partition coefficient (Wildman–Crippen LogP) is 2.83. The number of primary amides is 1. The number of fused-ring (bicyclic) bond motifs is 3. The van der Waals surface area contributed by atoms with E-state index in [4.69, 9.17) is 14.9 Å². The zero-order valence-electron chi connectivity index (χ0n) is 22.8. The van der Waals surface area contributed by atoms with Crippen molar-refractivity contribution in [3.63, 3.8) is 0 Å². The second-order valence-corrected chi connectivity index (χ2v) is 11.6. The molecule has 2 fully saturated rings. The summed E-state index contributed by atoms with van der Waals surface area (Å²) in [4.78, 5) is 44.5. The molecular weight excluding hydrogens is 530 g/mol. The Balaban J connectivity index is 1.45. The second-order valence-electron chi connectivity index (χ2n) is 11.6. The van der Waals surface area contributed by atoms with Gasteiger partial charge >= 0.3 is 0 Å². The van der Waals surface area contributed by atoms with E-state index >= 15 is 0 Å². The van der Waals surface area contributed by atoms with Gasteiger partial charge in [0.05, 0.1) is 23.2 Å². The number of phenolic OH excluding ortho intramolecular Hbond substituents is 1. The number of aliphatic hydroxyl groups excluding tert-OH is 2. The molecule has 0 spiro atoms. The highest BCUT2D eigenvalue weighted by molar-refractivity contribution is 6.23. The van der Waals surface area contributed by atoms with Crippen LogP contribution in [0.5, 0.6) is 5.75 Å². The Morgan fingerprint density at radius 1 is 1.12 bits per heavy atom. The number of carbonyl (C=O) groups excluding carboxylic acids is 3. The average molecular weight is 564 g/mol. The van der Waals surface area contributed by atoms with Crippen LogP contribution in [0, 0.1) is 17.8 Å². The molecule has 1 saturated carbocycles. The first-order valence-corrected chi connectivity index (χ1v) is 14.0. The topological polar surface area (TPSA) is 185 Å². The van der Waals surface area contributed by atoms with Crippen LogP contribution in [0.1, 0.15) is 55.8 Å². The fourth-order valence-corrected chi connectivity index (χ4v) is 6.86. The summed E-state index contributed by atoms with van der Waals surface area (Å²) in [6, 6.07) is 2.07. The van der Waals surface area contributed by atoms with Crippen LogP contribution in [-0.2, 0) is 25.5 Å². The summed E-state index contributed by atoms with van der Waals surface area (Å²) in [7, 11) is 0. The Morgan fingerprint density at radius 2 is 1.85 bits per heavy atom. The molecule has 1 amide bonds. The molecule has 2 heterocycles. The molecule has 11 nitrogen and oxygen atoms in total. The fraction of sp³-hybridized carbons (Fsp3) is 0.467. The molecule has 1 aromatic carbocycles. The largest absolute Gasteiger partial charge is 0.511 e. The number of Topliss-reactive ketones (excluding diaryl/α,β-unsaturated/α-hetero) is 2. The second kappa shape index (κ2) is 10.1. The number of amides is 1. The Hall–Kier alpha value is -3.96. The van der Waals surface area contributed by atoms with Crippen molar-refractivity contribution >= 4 is 23.2 Å². The predicted molar refractivity (Wildman–Crippen MR) is 146 cm³/mol. The van der Waals surface area contributed by atoms with Crippen LogP contribution < -0.4 is 11.1 Å². The van der Waals surface area contributed by atoms with Crippen molar-refractivity contribution in [3.8, 4) is 17.2 Å². The molecule has 6 rings (SSSR count). The van der Waals surface area contributed by atoms with Crippen LogP contribution in [0.4, 0.5) is 0 Å². The van der Waals surface area contributed by atoms with E-state index in [2.05, 4.69) is 10.3 Å². The summed E-state index contributed by atoms with van der Waals surface area (Å²) in [6.45, 7) is 5.01. The van der Waals surface area contributed by atoms with Crippen LogP contribution in [0.25, 0.3) is 17.2 Å². The van der Waals surface area contributed by atoms with Gasteiger partial charge < -0.3 is 35.5 Å². The molecule has 6 N–H and O–H groups in total. The SMILES string of the molecule is CC(C)c1coc(-c2ccc(O)c3c2C[C@H]2C[C@@H]4C(C(=O)C2=C3O)C(O)=C(C(N)=O)C(=O)[C@@H]4NC2CCOCC2)n1. The minimum atomic E-state index is -1.24.